The van der Waals surface area contributed by atoms with Crippen LogP contribution >= 0.6 is 0 Å². The summed E-state index contributed by atoms with van der Waals surface area (Å²) < 4.78 is 59.5. The third-order valence-electron chi connectivity index (χ3n) is 2.64. The van der Waals surface area contributed by atoms with Gasteiger partial charge in [-0.3, -0.25) is 4.55 Å². The first-order chi connectivity index (χ1) is 9.68. The summed E-state index contributed by atoms with van der Waals surface area (Å²) in [5, 5.41) is 0. The van der Waals surface area contributed by atoms with Crippen LogP contribution in [0, 0.1) is 6.92 Å². The van der Waals surface area contributed by atoms with Gasteiger partial charge in [0.15, 0.2) is 0 Å². The van der Waals surface area contributed by atoms with Crippen LogP contribution in [0.25, 0.3) is 0 Å². The third-order valence-corrected chi connectivity index (χ3v) is 4.77. The van der Waals surface area contributed by atoms with Gasteiger partial charge in [0.05, 0.1) is 4.90 Å². The normalized spacial score (nSPS) is 11.5. The first-order valence-electron chi connectivity index (χ1n) is 5.77. The summed E-state index contributed by atoms with van der Waals surface area (Å²) in [7, 11) is -8.32. The molecule has 0 aliphatic carbocycles. The molecule has 0 aromatic heterocycles. The van der Waals surface area contributed by atoms with Crippen LogP contribution in [0.15, 0.2) is 58.3 Å². The van der Waals surface area contributed by atoms with Crippen molar-refractivity contribution in [3.05, 3.63) is 54.1 Å². The molecule has 0 unspecified atom stereocenters. The molecule has 6 nitrogen and oxygen atoms in total. The first-order valence-corrected chi connectivity index (χ1v) is 8.62. The molecule has 0 heterocycles. The van der Waals surface area contributed by atoms with Gasteiger partial charge in [-0.05, 0) is 43.3 Å². The van der Waals surface area contributed by atoms with Crippen molar-refractivity contribution in [1.29, 1.82) is 0 Å². The van der Waals surface area contributed by atoms with Crippen molar-refractivity contribution < 1.29 is 25.6 Å². The predicted molar refractivity (Wildman–Crippen MR) is 82.4 cm³/mol. The molecule has 0 atom stereocenters. The fourth-order valence-electron chi connectivity index (χ4n) is 1.55. The maximum absolute atomic E-state index is 12.0. The van der Waals surface area contributed by atoms with Crippen LogP contribution in [-0.4, -0.2) is 50.9 Å². The van der Waals surface area contributed by atoms with Gasteiger partial charge in [0.25, 0.3) is 10.1 Å². The molecule has 2 aromatic carbocycles. The molecule has 0 amide bonds. The Kier molecular flexibility index (Phi) is 6.19. The van der Waals surface area contributed by atoms with Crippen molar-refractivity contribution in [2.75, 3.05) is 0 Å². The van der Waals surface area contributed by atoms with Crippen LogP contribution < -0.4 is 4.18 Å². The Bertz CT molecular complexity index is 840. The van der Waals surface area contributed by atoms with Gasteiger partial charge in [-0.1, -0.05) is 17.7 Å². The van der Waals surface area contributed by atoms with Gasteiger partial charge in [-0.25, -0.2) is 0 Å². The van der Waals surface area contributed by atoms with E-state index in [4.69, 9.17) is 8.74 Å². The molecule has 0 aliphatic heterocycles. The Hall–Kier alpha value is -0.900. The molecule has 2 rings (SSSR count). The summed E-state index contributed by atoms with van der Waals surface area (Å²) in [5.74, 6) is -0.0528. The summed E-state index contributed by atoms with van der Waals surface area (Å²) in [6, 6.07) is 10.5. The number of hydrogen-bond donors (Lipinski definition) is 1. The second-order valence-electron chi connectivity index (χ2n) is 4.30. The minimum absolute atomic E-state index is 0. The van der Waals surface area contributed by atoms with Crippen LogP contribution in [0.2, 0.25) is 0 Å². The molecule has 0 fully saturated rings. The van der Waals surface area contributed by atoms with Gasteiger partial charge in [0, 0.05) is 0 Å². The SMILES string of the molecule is Cc1ccc(S(=O)(=O)Oc2ccc(S(=O)(=O)O)cc2)cc1.[NaH]. The fraction of sp³-hybridized carbons (Fsp3) is 0.0769. The number of benzene rings is 2. The molecule has 0 saturated carbocycles. The van der Waals surface area contributed by atoms with E-state index in [2.05, 4.69) is 0 Å². The second kappa shape index (κ2) is 7.12. The molecule has 9 heteroatoms. The molecular weight excluding hydrogens is 339 g/mol. The van der Waals surface area contributed by atoms with Crippen molar-refractivity contribution in [3.63, 3.8) is 0 Å². The summed E-state index contributed by atoms with van der Waals surface area (Å²) in [6.07, 6.45) is 0. The zero-order valence-corrected chi connectivity index (χ0v) is 12.6. The van der Waals surface area contributed by atoms with Crippen molar-refractivity contribution in [2.45, 2.75) is 16.7 Å². The molecule has 114 valence electrons. The van der Waals surface area contributed by atoms with E-state index in [0.29, 0.717) is 0 Å². The van der Waals surface area contributed by atoms with Crippen LogP contribution in [-0.2, 0) is 20.2 Å². The summed E-state index contributed by atoms with van der Waals surface area (Å²) in [5.41, 5.74) is 0.909. The molecule has 0 radical (unpaired) electrons. The quantitative estimate of drug-likeness (QED) is 0.507. The fourth-order valence-corrected chi connectivity index (χ4v) is 2.96. The van der Waals surface area contributed by atoms with E-state index < -0.39 is 20.2 Å². The average molecular weight is 352 g/mol. The van der Waals surface area contributed by atoms with Gasteiger partial charge in [0.1, 0.15) is 10.6 Å². The van der Waals surface area contributed by atoms with Gasteiger partial charge in [0.2, 0.25) is 0 Å². The van der Waals surface area contributed by atoms with Gasteiger partial charge in [-0.2, -0.15) is 16.8 Å². The van der Waals surface area contributed by atoms with Crippen molar-refractivity contribution in [1.82, 2.24) is 0 Å². The Labute approximate surface area is 151 Å². The van der Waals surface area contributed by atoms with Gasteiger partial charge in [-0.15, -0.1) is 0 Å². The summed E-state index contributed by atoms with van der Waals surface area (Å²) in [6.45, 7) is 1.82. The Morgan fingerprint density at radius 3 is 1.73 bits per heavy atom. The average Bonchev–Trinajstić information content (AvgIpc) is 2.38. The number of rotatable bonds is 4. The van der Waals surface area contributed by atoms with Gasteiger partial charge < -0.3 is 4.18 Å². The van der Waals surface area contributed by atoms with Crippen LogP contribution in [0.1, 0.15) is 5.56 Å². The Morgan fingerprint density at radius 1 is 0.818 bits per heavy atom. The van der Waals surface area contributed by atoms with E-state index in [1.165, 1.54) is 12.1 Å². The topological polar surface area (TPSA) is 97.7 Å². The molecule has 0 bridgehead atoms. The third kappa shape index (κ3) is 4.80. The van der Waals surface area contributed by atoms with Crippen molar-refractivity contribution >= 4 is 49.8 Å². The van der Waals surface area contributed by atoms with E-state index in [1.54, 1.807) is 12.1 Å². The molecule has 0 aliphatic rings. The van der Waals surface area contributed by atoms with E-state index in [0.717, 1.165) is 29.8 Å². The number of hydrogen-bond acceptors (Lipinski definition) is 5. The van der Waals surface area contributed by atoms with Crippen molar-refractivity contribution in [2.24, 2.45) is 0 Å². The standard InChI is InChI=1S/C13H12O6S2.Na.H/c1-10-2-6-13(7-3-10)21(17,18)19-11-4-8-12(9-5-11)20(14,15)16;;/h2-9H,1H3,(H,14,15,16);;. The monoisotopic (exact) mass is 352 g/mol. The minimum atomic E-state index is -4.33. The van der Waals surface area contributed by atoms with E-state index in [9.17, 15) is 16.8 Å². The summed E-state index contributed by atoms with van der Waals surface area (Å²) >= 11 is 0. The van der Waals surface area contributed by atoms with E-state index in [-0.39, 0.29) is 45.1 Å². The second-order valence-corrected chi connectivity index (χ2v) is 7.26. The number of aryl methyl sites for hydroxylation is 1. The molecule has 22 heavy (non-hydrogen) atoms. The zero-order chi connectivity index (χ0) is 15.7. The van der Waals surface area contributed by atoms with Gasteiger partial charge >= 0.3 is 39.7 Å². The van der Waals surface area contributed by atoms with Crippen molar-refractivity contribution in [3.8, 4) is 5.75 Å². The zero-order valence-electron chi connectivity index (χ0n) is 10.9. The Balaban J connectivity index is 0.00000242. The van der Waals surface area contributed by atoms with Crippen LogP contribution in [0.4, 0.5) is 0 Å². The predicted octanol–water partition coefficient (Wildman–Crippen LogP) is 1.36. The van der Waals surface area contributed by atoms with Crippen LogP contribution in [0.3, 0.4) is 0 Å². The molecule has 0 spiro atoms. The molecule has 0 saturated heterocycles. The van der Waals surface area contributed by atoms with Crippen LogP contribution in [0.5, 0.6) is 5.75 Å². The molecule has 1 N–H and O–H groups in total. The molecular formula is C13H13NaO6S2. The Morgan fingerprint density at radius 2 is 1.27 bits per heavy atom. The van der Waals surface area contributed by atoms with E-state index >= 15 is 0 Å². The summed E-state index contributed by atoms with van der Waals surface area (Å²) in [4.78, 5) is -0.352. The molecule has 2 aromatic rings. The first kappa shape index (κ1) is 19.1. The van der Waals surface area contributed by atoms with E-state index in [1.807, 2.05) is 6.92 Å². The maximum atomic E-state index is 12.0.